The Labute approximate surface area is 230 Å². The van der Waals surface area contributed by atoms with Crippen molar-refractivity contribution in [2.75, 3.05) is 13.2 Å². The van der Waals surface area contributed by atoms with Crippen LogP contribution in [0.25, 0.3) is 0 Å². The fourth-order valence-electron chi connectivity index (χ4n) is 5.20. The number of esters is 1. The van der Waals surface area contributed by atoms with Gasteiger partial charge in [0.25, 0.3) is 0 Å². The SMILES string of the molecule is CCCCCCCCCCC(CCCCCCCCCCCC(=O)O[C@H](CO)[C@H]1OC[C@H](O)[C@H]1O)C(=O)O. The smallest absolute Gasteiger partial charge is 0.306 e. The lowest BCUT2D eigenvalue weighted by molar-refractivity contribution is -0.162. The maximum absolute atomic E-state index is 12.0. The average molecular weight is 545 g/mol. The molecule has 38 heavy (non-hydrogen) atoms. The Morgan fingerprint density at radius 2 is 1.26 bits per heavy atom. The predicted octanol–water partition coefficient (Wildman–Crippen LogP) is 5.53. The summed E-state index contributed by atoms with van der Waals surface area (Å²) in [5.74, 6) is -1.24. The van der Waals surface area contributed by atoms with Gasteiger partial charge in [-0.2, -0.15) is 0 Å². The quantitative estimate of drug-likeness (QED) is 0.0870. The van der Waals surface area contributed by atoms with Gasteiger partial charge in [0.05, 0.1) is 19.1 Å². The van der Waals surface area contributed by atoms with Crippen LogP contribution in [0.3, 0.4) is 0 Å². The van der Waals surface area contributed by atoms with E-state index in [1.165, 1.54) is 38.5 Å². The molecule has 0 amide bonds. The number of rotatable bonds is 25. The Bertz CT molecular complexity index is 599. The topological polar surface area (TPSA) is 134 Å². The van der Waals surface area contributed by atoms with Crippen molar-refractivity contribution in [3.8, 4) is 0 Å². The van der Waals surface area contributed by atoms with E-state index in [2.05, 4.69) is 6.92 Å². The van der Waals surface area contributed by atoms with Crippen LogP contribution < -0.4 is 0 Å². The molecule has 0 aromatic carbocycles. The van der Waals surface area contributed by atoms with Crippen LogP contribution >= 0.6 is 0 Å². The van der Waals surface area contributed by atoms with Crippen molar-refractivity contribution in [1.29, 1.82) is 0 Å². The molecule has 1 aliphatic heterocycles. The number of carbonyl (C=O) groups excluding carboxylic acids is 1. The van der Waals surface area contributed by atoms with E-state index in [4.69, 9.17) is 9.47 Å². The molecule has 1 fully saturated rings. The summed E-state index contributed by atoms with van der Waals surface area (Å²) in [6.45, 7) is 1.73. The predicted molar refractivity (Wildman–Crippen MR) is 148 cm³/mol. The molecular weight excluding hydrogens is 488 g/mol. The van der Waals surface area contributed by atoms with E-state index in [1.807, 2.05) is 0 Å². The van der Waals surface area contributed by atoms with Gasteiger partial charge >= 0.3 is 11.9 Å². The number of aliphatic carboxylic acids is 1. The Morgan fingerprint density at radius 3 is 1.68 bits per heavy atom. The van der Waals surface area contributed by atoms with Crippen LogP contribution in [0.5, 0.6) is 0 Å². The minimum atomic E-state index is -1.17. The number of aliphatic hydroxyl groups excluding tert-OH is 3. The molecule has 0 aliphatic carbocycles. The second kappa shape index (κ2) is 22.6. The lowest BCUT2D eigenvalue weighted by Gasteiger charge is -2.24. The first-order valence-electron chi connectivity index (χ1n) is 15.4. The van der Waals surface area contributed by atoms with Crippen molar-refractivity contribution >= 4 is 11.9 Å². The molecule has 0 bridgehead atoms. The number of carbonyl (C=O) groups is 2. The molecule has 0 spiro atoms. The number of unbranched alkanes of at least 4 members (excludes halogenated alkanes) is 15. The fraction of sp³-hybridized carbons (Fsp3) is 0.933. The highest BCUT2D eigenvalue weighted by molar-refractivity contribution is 5.70. The number of ether oxygens (including phenoxy) is 2. The third-order valence-corrected chi connectivity index (χ3v) is 7.71. The molecule has 0 aromatic heterocycles. The summed E-state index contributed by atoms with van der Waals surface area (Å²) in [5.41, 5.74) is 0. The van der Waals surface area contributed by atoms with Crippen LogP contribution in [0.4, 0.5) is 0 Å². The van der Waals surface area contributed by atoms with Gasteiger partial charge in [0.2, 0.25) is 0 Å². The molecule has 8 nitrogen and oxygen atoms in total. The number of hydrogen-bond acceptors (Lipinski definition) is 7. The molecule has 0 radical (unpaired) electrons. The van der Waals surface area contributed by atoms with Crippen molar-refractivity contribution in [2.45, 2.75) is 160 Å². The van der Waals surface area contributed by atoms with Crippen LogP contribution in [-0.2, 0) is 19.1 Å². The Morgan fingerprint density at radius 1 is 0.789 bits per heavy atom. The average Bonchev–Trinajstić information content (AvgIpc) is 3.23. The summed E-state index contributed by atoms with van der Waals surface area (Å²) < 4.78 is 10.5. The van der Waals surface area contributed by atoms with Gasteiger partial charge in [-0.05, 0) is 19.3 Å². The number of carboxylic acids is 1. The minimum absolute atomic E-state index is 0.0396. The van der Waals surface area contributed by atoms with E-state index in [-0.39, 0.29) is 18.9 Å². The van der Waals surface area contributed by atoms with Crippen molar-refractivity contribution < 1.29 is 39.5 Å². The maximum atomic E-state index is 12.0. The van der Waals surface area contributed by atoms with E-state index in [0.717, 1.165) is 77.0 Å². The highest BCUT2D eigenvalue weighted by Crippen LogP contribution is 2.21. The van der Waals surface area contributed by atoms with E-state index >= 15 is 0 Å². The first kappa shape index (κ1) is 34.8. The summed E-state index contributed by atoms with van der Waals surface area (Å²) >= 11 is 0. The lowest BCUT2D eigenvalue weighted by Crippen LogP contribution is -2.43. The Hall–Kier alpha value is -1.22. The van der Waals surface area contributed by atoms with Gasteiger partial charge in [0.1, 0.15) is 18.3 Å². The van der Waals surface area contributed by atoms with Crippen molar-refractivity contribution in [3.05, 3.63) is 0 Å². The Kier molecular flexibility index (Phi) is 20.7. The normalized spacial score (nSPS) is 20.9. The lowest BCUT2D eigenvalue weighted by atomic mass is 9.94. The van der Waals surface area contributed by atoms with Gasteiger partial charge in [-0.3, -0.25) is 9.59 Å². The zero-order valence-electron chi connectivity index (χ0n) is 23.9. The molecule has 1 heterocycles. The summed E-state index contributed by atoms with van der Waals surface area (Å²) in [7, 11) is 0. The molecule has 1 saturated heterocycles. The second-order valence-electron chi connectivity index (χ2n) is 11.1. The van der Waals surface area contributed by atoms with Crippen molar-refractivity contribution in [3.63, 3.8) is 0 Å². The van der Waals surface area contributed by atoms with Crippen molar-refractivity contribution in [2.24, 2.45) is 5.92 Å². The van der Waals surface area contributed by atoms with Crippen molar-refractivity contribution in [1.82, 2.24) is 0 Å². The van der Waals surface area contributed by atoms with E-state index in [9.17, 15) is 30.0 Å². The third kappa shape index (κ3) is 16.0. The zero-order chi connectivity index (χ0) is 28.0. The number of aliphatic hydroxyl groups is 3. The van der Waals surface area contributed by atoms with E-state index in [0.29, 0.717) is 6.42 Å². The molecule has 0 saturated carbocycles. The summed E-state index contributed by atoms with van der Waals surface area (Å²) in [5, 5.41) is 38.3. The van der Waals surface area contributed by atoms with Crippen LogP contribution in [0.1, 0.15) is 135 Å². The molecule has 224 valence electrons. The highest BCUT2D eigenvalue weighted by atomic mass is 16.6. The fourth-order valence-corrected chi connectivity index (χ4v) is 5.20. The maximum Gasteiger partial charge on any atom is 0.306 e. The Balaban J connectivity index is 1.96. The van der Waals surface area contributed by atoms with E-state index < -0.39 is 43.0 Å². The molecule has 5 atom stereocenters. The zero-order valence-corrected chi connectivity index (χ0v) is 23.9. The monoisotopic (exact) mass is 544 g/mol. The highest BCUT2D eigenvalue weighted by Gasteiger charge is 2.41. The molecule has 1 aliphatic rings. The first-order valence-corrected chi connectivity index (χ1v) is 15.4. The summed E-state index contributed by atoms with van der Waals surface area (Å²) in [6.07, 6.45) is 17.1. The summed E-state index contributed by atoms with van der Waals surface area (Å²) in [4.78, 5) is 23.6. The molecule has 1 unspecified atom stereocenters. The standard InChI is InChI=1S/C30H56O8/c1-2-3-4-5-6-10-13-16-19-24(30(35)36)20-17-14-11-8-7-9-12-15-18-21-27(33)38-26(22-31)29-28(34)25(32)23-37-29/h24-26,28-29,31-32,34H,2-23H2,1H3,(H,35,36)/t24?,25-,26+,28+,29+/m0/s1. The van der Waals surface area contributed by atoms with E-state index in [1.54, 1.807) is 0 Å². The number of carboxylic acid groups (broad SMARTS) is 1. The van der Waals surface area contributed by atoms with Gasteiger partial charge in [-0.1, -0.05) is 110 Å². The third-order valence-electron chi connectivity index (χ3n) is 7.71. The van der Waals surface area contributed by atoms with Gasteiger partial charge in [-0.15, -0.1) is 0 Å². The van der Waals surface area contributed by atoms with Crippen LogP contribution in [0.15, 0.2) is 0 Å². The largest absolute Gasteiger partial charge is 0.481 e. The molecule has 0 aromatic rings. The van der Waals surface area contributed by atoms with Gasteiger partial charge in [-0.25, -0.2) is 0 Å². The van der Waals surface area contributed by atoms with Crippen LogP contribution in [0.2, 0.25) is 0 Å². The second-order valence-corrected chi connectivity index (χ2v) is 11.1. The van der Waals surface area contributed by atoms with Gasteiger partial charge < -0.3 is 29.9 Å². The molecule has 1 rings (SSSR count). The first-order chi connectivity index (χ1) is 18.4. The van der Waals surface area contributed by atoms with Crippen LogP contribution in [0, 0.1) is 5.92 Å². The number of hydrogen-bond donors (Lipinski definition) is 4. The van der Waals surface area contributed by atoms with Gasteiger partial charge in [0, 0.05) is 6.42 Å². The van der Waals surface area contributed by atoms with Gasteiger partial charge in [0.15, 0.2) is 6.10 Å². The summed E-state index contributed by atoms with van der Waals surface area (Å²) in [6, 6.07) is 0. The minimum Gasteiger partial charge on any atom is -0.481 e. The molecule has 4 N–H and O–H groups in total. The molecular formula is C30H56O8. The molecule has 8 heteroatoms. The van der Waals surface area contributed by atoms with Crippen LogP contribution in [-0.4, -0.2) is 70.0 Å².